The molecule has 3 aromatic heterocycles. The molecule has 0 saturated carbocycles. The van der Waals surface area contributed by atoms with Crippen LogP contribution in [-0.2, 0) is 17.8 Å². The third-order valence-electron chi connectivity index (χ3n) is 11.1. The molecule has 5 aromatic rings. The zero-order valence-corrected chi connectivity index (χ0v) is 35.4. The molecule has 6 heterocycles. The van der Waals surface area contributed by atoms with Crippen LogP contribution in [0.3, 0.4) is 0 Å². The molecule has 13 nitrogen and oxygen atoms in total. The normalized spacial score (nSPS) is 18.9. The Labute approximate surface area is 353 Å². The van der Waals surface area contributed by atoms with E-state index in [0.717, 1.165) is 48.9 Å². The highest BCUT2D eigenvalue weighted by Gasteiger charge is 2.47. The molecule has 2 aromatic carbocycles. The van der Waals surface area contributed by atoms with Gasteiger partial charge in [0.1, 0.15) is 40.4 Å². The van der Waals surface area contributed by atoms with Crippen molar-refractivity contribution in [2.45, 2.75) is 77.1 Å². The van der Waals surface area contributed by atoms with Crippen molar-refractivity contribution in [3.8, 4) is 23.2 Å². The van der Waals surface area contributed by atoms with Crippen molar-refractivity contribution >= 4 is 66.7 Å². The minimum absolute atomic E-state index is 0.000989. The van der Waals surface area contributed by atoms with Gasteiger partial charge in [-0.05, 0) is 88.8 Å². The number of hydrogen-bond acceptors (Lipinski definition) is 11. The number of nitriles is 1. The first-order valence-corrected chi connectivity index (χ1v) is 20.8. The minimum atomic E-state index is -0.865. The third-order valence-corrected chi connectivity index (χ3v) is 12.5. The zero-order valence-electron chi connectivity index (χ0n) is 33.8. The summed E-state index contributed by atoms with van der Waals surface area (Å²) in [5.74, 6) is -1.46. The van der Waals surface area contributed by atoms with Gasteiger partial charge in [0.15, 0.2) is 11.5 Å². The van der Waals surface area contributed by atoms with Gasteiger partial charge >= 0.3 is 12.1 Å². The molecule has 314 valence electrons. The van der Waals surface area contributed by atoms with Gasteiger partial charge in [0.05, 0.1) is 39.4 Å². The van der Waals surface area contributed by atoms with Crippen LogP contribution < -0.4 is 15.0 Å². The lowest BCUT2D eigenvalue weighted by Gasteiger charge is -2.31. The summed E-state index contributed by atoms with van der Waals surface area (Å²) >= 11 is 7.85. The average molecular weight is 862 g/mol. The summed E-state index contributed by atoms with van der Waals surface area (Å²) in [5, 5.41) is 17.8. The molecule has 2 saturated heterocycles. The molecule has 3 aliphatic rings. The fourth-order valence-corrected chi connectivity index (χ4v) is 9.83. The van der Waals surface area contributed by atoms with Gasteiger partial charge in [0, 0.05) is 50.1 Å². The summed E-state index contributed by atoms with van der Waals surface area (Å²) in [5.41, 5.74) is 0.130. The number of halogens is 4. The number of anilines is 2. The number of fused-ring (bicyclic) bond motifs is 4. The SMILES string of the molecule is CN(C)C(=O)c1cc2n(n1)CCCCN(c1nc(OCC34CCCN3C/C(=C\F)C4)nc3c(F)c(-c4ccc(F)c5sc(NC(=O)OC(C)(C)C)c(C#N)c45)c(Cl)cc13)C2. The van der Waals surface area contributed by atoms with Crippen LogP contribution in [0.5, 0.6) is 6.01 Å². The summed E-state index contributed by atoms with van der Waals surface area (Å²) in [4.78, 5) is 40.8. The van der Waals surface area contributed by atoms with E-state index in [4.69, 9.17) is 26.1 Å². The number of rotatable bonds is 7. The van der Waals surface area contributed by atoms with Crippen molar-refractivity contribution in [1.82, 2.24) is 29.5 Å². The summed E-state index contributed by atoms with van der Waals surface area (Å²) in [6.45, 7) is 7.83. The molecule has 0 spiro atoms. The van der Waals surface area contributed by atoms with Crippen LogP contribution in [0.15, 0.2) is 36.2 Å². The molecule has 8 rings (SSSR count). The first-order chi connectivity index (χ1) is 28.6. The molecular weight excluding hydrogens is 819 g/mol. The van der Waals surface area contributed by atoms with Crippen molar-refractivity contribution in [2.75, 3.05) is 50.6 Å². The summed E-state index contributed by atoms with van der Waals surface area (Å²) in [6, 6.07) is 7.74. The van der Waals surface area contributed by atoms with Gasteiger partial charge in [-0.2, -0.15) is 20.3 Å². The maximum Gasteiger partial charge on any atom is 0.412 e. The molecule has 0 bridgehead atoms. The number of benzene rings is 2. The second kappa shape index (κ2) is 15.9. The largest absolute Gasteiger partial charge is 0.461 e. The van der Waals surface area contributed by atoms with Gasteiger partial charge in [0.2, 0.25) is 0 Å². The minimum Gasteiger partial charge on any atom is -0.461 e. The van der Waals surface area contributed by atoms with E-state index in [-0.39, 0.29) is 72.8 Å². The molecule has 2 fully saturated rings. The van der Waals surface area contributed by atoms with E-state index in [1.165, 1.54) is 11.0 Å². The number of carbonyl (C=O) groups is 2. The number of nitrogens with one attached hydrogen (secondary N) is 1. The van der Waals surface area contributed by atoms with Crippen LogP contribution in [0.25, 0.3) is 32.1 Å². The van der Waals surface area contributed by atoms with Gasteiger partial charge in [-0.15, -0.1) is 11.3 Å². The Hall–Kier alpha value is -5.44. The summed E-state index contributed by atoms with van der Waals surface area (Å²) < 4.78 is 60.5. The lowest BCUT2D eigenvalue weighted by atomic mass is 9.94. The number of carbonyl (C=O) groups excluding carboxylic acids is 2. The molecule has 60 heavy (non-hydrogen) atoms. The van der Waals surface area contributed by atoms with Crippen molar-refractivity contribution in [3.63, 3.8) is 0 Å². The predicted molar refractivity (Wildman–Crippen MR) is 223 cm³/mol. The predicted octanol–water partition coefficient (Wildman–Crippen LogP) is 8.83. The maximum atomic E-state index is 17.6. The van der Waals surface area contributed by atoms with Gasteiger partial charge in [-0.1, -0.05) is 17.7 Å². The smallest absolute Gasteiger partial charge is 0.412 e. The van der Waals surface area contributed by atoms with Gasteiger partial charge in [0.25, 0.3) is 5.91 Å². The van der Waals surface area contributed by atoms with Crippen LogP contribution in [0.1, 0.15) is 74.6 Å². The lowest BCUT2D eigenvalue weighted by Crippen LogP contribution is -2.43. The highest BCUT2D eigenvalue weighted by atomic mass is 35.5. The van der Waals surface area contributed by atoms with Gasteiger partial charge in [-0.3, -0.25) is 19.7 Å². The Kier molecular flexibility index (Phi) is 10.9. The van der Waals surface area contributed by atoms with E-state index >= 15 is 8.78 Å². The van der Waals surface area contributed by atoms with Crippen molar-refractivity contribution in [2.24, 2.45) is 0 Å². The highest BCUT2D eigenvalue weighted by molar-refractivity contribution is 7.23. The third kappa shape index (κ3) is 7.60. The first-order valence-electron chi connectivity index (χ1n) is 19.6. The number of ether oxygens (including phenoxy) is 2. The monoisotopic (exact) mass is 861 g/mol. The van der Waals surface area contributed by atoms with E-state index in [1.807, 2.05) is 4.90 Å². The first kappa shape index (κ1) is 41.3. The van der Waals surface area contributed by atoms with E-state index in [1.54, 1.807) is 51.7 Å². The fourth-order valence-electron chi connectivity index (χ4n) is 8.46. The standard InChI is InChI=1S/C42H43ClF3N9O4S/c1-41(2,3)59-40(57)50-37-27(19-47)31-25(9-10-29(45)35(31)60-37)32-28(43)16-26-34(33(32)46)48-39(58-22-42-11-8-13-54(42)20-23(17-42)18-44)49-36(26)53-12-6-7-14-55-24(21-53)15-30(51-55)38(56)52(4)5/h9-10,15-16,18H,6-8,11-14,17,20-22H2,1-5H3,(H,50,57)/b23-18-. The molecule has 1 unspecified atom stereocenters. The van der Waals surface area contributed by atoms with Crippen LogP contribution in [0, 0.1) is 23.0 Å². The molecule has 1 N–H and O–H groups in total. The van der Waals surface area contributed by atoms with Crippen LogP contribution in [0.4, 0.5) is 28.8 Å². The molecule has 1 atom stereocenters. The average Bonchev–Trinajstić information content (AvgIpc) is 3.95. The fraction of sp³-hybridized carbons (Fsp3) is 0.429. The van der Waals surface area contributed by atoms with Gasteiger partial charge in [-0.25, -0.2) is 18.0 Å². The molecule has 18 heteroatoms. The van der Waals surface area contributed by atoms with E-state index in [0.29, 0.717) is 55.9 Å². The molecule has 0 aliphatic carbocycles. The Balaban J connectivity index is 1.27. The van der Waals surface area contributed by atoms with Crippen molar-refractivity contribution < 1.29 is 32.2 Å². The maximum absolute atomic E-state index is 17.6. The van der Waals surface area contributed by atoms with Crippen LogP contribution >= 0.6 is 22.9 Å². The topological polar surface area (TPSA) is 142 Å². The van der Waals surface area contributed by atoms with E-state index in [2.05, 4.69) is 26.4 Å². The Morgan fingerprint density at radius 3 is 2.63 bits per heavy atom. The Morgan fingerprint density at radius 2 is 1.90 bits per heavy atom. The zero-order chi connectivity index (χ0) is 42.7. The van der Waals surface area contributed by atoms with Crippen molar-refractivity contribution in [3.05, 3.63) is 69.8 Å². The quantitative estimate of drug-likeness (QED) is 0.169. The number of thiophene rings is 1. The molecule has 2 amide bonds. The Morgan fingerprint density at radius 1 is 1.12 bits per heavy atom. The summed E-state index contributed by atoms with van der Waals surface area (Å²) in [7, 11) is 3.32. The molecule has 0 radical (unpaired) electrons. The number of nitrogens with zero attached hydrogens (tertiary/aromatic N) is 8. The molecular formula is C42H43ClF3N9O4S. The molecule has 3 aliphatic heterocycles. The van der Waals surface area contributed by atoms with E-state index < -0.39 is 28.9 Å². The Bertz CT molecular complexity index is 2630. The number of aromatic nitrogens is 4. The second-order valence-electron chi connectivity index (χ2n) is 16.7. The number of amides is 2. The number of aryl methyl sites for hydroxylation is 1. The highest BCUT2D eigenvalue weighted by Crippen LogP contribution is 2.47. The van der Waals surface area contributed by atoms with Crippen LogP contribution in [0.2, 0.25) is 5.02 Å². The van der Waals surface area contributed by atoms with Gasteiger partial charge < -0.3 is 19.3 Å². The number of hydrogen-bond donors (Lipinski definition) is 1. The van der Waals surface area contributed by atoms with Crippen molar-refractivity contribution in [1.29, 1.82) is 5.26 Å². The van der Waals surface area contributed by atoms with E-state index in [9.17, 15) is 19.2 Å². The second-order valence-corrected chi connectivity index (χ2v) is 18.1. The lowest BCUT2D eigenvalue weighted by molar-refractivity contribution is 0.0636. The van der Waals surface area contributed by atoms with Crippen LogP contribution in [-0.4, -0.2) is 93.0 Å². The summed E-state index contributed by atoms with van der Waals surface area (Å²) in [6.07, 6.45) is 3.43.